The predicted octanol–water partition coefficient (Wildman–Crippen LogP) is 3.30. The Hall–Kier alpha value is -1.56. The number of unbranched alkanes of at least 4 members (excludes halogenated alkanes) is 2. The second-order valence-electron chi connectivity index (χ2n) is 5.63. The SMILES string of the molecule is CCCCNc1nc(C2CCCO2)nc(OCCCC)c1N. The van der Waals surface area contributed by atoms with E-state index in [0.29, 0.717) is 29.8 Å². The fourth-order valence-electron chi connectivity index (χ4n) is 2.33. The van der Waals surface area contributed by atoms with Gasteiger partial charge in [0.1, 0.15) is 11.8 Å². The fraction of sp³-hybridized carbons (Fsp3) is 0.750. The van der Waals surface area contributed by atoms with E-state index in [9.17, 15) is 0 Å². The topological polar surface area (TPSA) is 82.3 Å². The highest BCUT2D eigenvalue weighted by molar-refractivity contribution is 5.67. The number of nitrogens with two attached hydrogens (primary N) is 1. The van der Waals surface area contributed by atoms with Crippen molar-refractivity contribution in [3.63, 3.8) is 0 Å². The molecular weight excluding hydrogens is 280 g/mol. The Labute approximate surface area is 132 Å². The number of nitrogens with zero attached hydrogens (tertiary/aromatic N) is 2. The van der Waals surface area contributed by atoms with E-state index in [-0.39, 0.29) is 6.10 Å². The molecule has 1 aromatic heterocycles. The lowest BCUT2D eigenvalue weighted by molar-refractivity contribution is 0.104. The Balaban J connectivity index is 2.17. The number of anilines is 2. The van der Waals surface area contributed by atoms with Crippen LogP contribution >= 0.6 is 0 Å². The van der Waals surface area contributed by atoms with Crippen LogP contribution in [0.4, 0.5) is 11.5 Å². The van der Waals surface area contributed by atoms with Crippen molar-refractivity contribution in [2.75, 3.05) is 30.8 Å². The number of hydrogen-bond donors (Lipinski definition) is 2. The first-order chi connectivity index (χ1) is 10.8. The third-order valence-electron chi connectivity index (χ3n) is 3.71. The summed E-state index contributed by atoms with van der Waals surface area (Å²) in [5.74, 6) is 1.82. The highest BCUT2D eigenvalue weighted by Gasteiger charge is 2.23. The highest BCUT2D eigenvalue weighted by Crippen LogP contribution is 2.32. The molecule has 2 heterocycles. The van der Waals surface area contributed by atoms with Crippen molar-refractivity contribution in [1.82, 2.24) is 9.97 Å². The minimum atomic E-state index is -0.0409. The summed E-state index contributed by atoms with van der Waals surface area (Å²) in [5.41, 5.74) is 6.66. The molecule has 0 spiro atoms. The van der Waals surface area contributed by atoms with Gasteiger partial charge in [0, 0.05) is 13.2 Å². The Kier molecular flexibility index (Phi) is 6.71. The lowest BCUT2D eigenvalue weighted by Crippen LogP contribution is -2.14. The Morgan fingerprint density at radius 3 is 2.77 bits per heavy atom. The molecule has 1 fully saturated rings. The summed E-state index contributed by atoms with van der Waals surface area (Å²) in [6, 6.07) is 0. The maximum absolute atomic E-state index is 6.16. The number of rotatable bonds is 9. The molecule has 0 aromatic carbocycles. The zero-order valence-electron chi connectivity index (χ0n) is 13.7. The number of aromatic nitrogens is 2. The quantitative estimate of drug-likeness (QED) is 0.681. The standard InChI is InChI=1S/C16H28N4O2/c1-3-5-9-18-15-13(17)16(22-10-6-4-2)20-14(19-15)12-8-7-11-21-12/h12H,3-11,17H2,1-2H3,(H,18,19,20). The number of nitrogens with one attached hydrogen (secondary N) is 1. The van der Waals surface area contributed by atoms with Gasteiger partial charge in [-0.1, -0.05) is 26.7 Å². The first-order valence-corrected chi connectivity index (χ1v) is 8.41. The number of nitrogen functional groups attached to an aromatic ring is 1. The maximum atomic E-state index is 6.16. The van der Waals surface area contributed by atoms with Crippen LogP contribution in [-0.2, 0) is 4.74 Å². The summed E-state index contributed by atoms with van der Waals surface area (Å²) < 4.78 is 11.4. The molecule has 3 N–H and O–H groups in total. The van der Waals surface area contributed by atoms with Gasteiger partial charge in [0.15, 0.2) is 11.6 Å². The first-order valence-electron chi connectivity index (χ1n) is 8.41. The summed E-state index contributed by atoms with van der Waals surface area (Å²) in [4.78, 5) is 9.05. The minimum Gasteiger partial charge on any atom is -0.476 e. The molecule has 22 heavy (non-hydrogen) atoms. The third kappa shape index (κ3) is 4.47. The summed E-state index contributed by atoms with van der Waals surface area (Å²) in [6.45, 7) is 6.52. The third-order valence-corrected chi connectivity index (χ3v) is 3.71. The van der Waals surface area contributed by atoms with E-state index in [2.05, 4.69) is 29.1 Å². The molecule has 0 aliphatic carbocycles. The largest absolute Gasteiger partial charge is 0.476 e. The summed E-state index contributed by atoms with van der Waals surface area (Å²) in [5, 5.41) is 3.30. The molecule has 1 atom stereocenters. The van der Waals surface area contributed by atoms with Crippen LogP contribution in [0.15, 0.2) is 0 Å². The molecule has 1 unspecified atom stereocenters. The van der Waals surface area contributed by atoms with E-state index in [0.717, 1.165) is 51.7 Å². The first kappa shape index (κ1) is 16.8. The van der Waals surface area contributed by atoms with Crippen molar-refractivity contribution < 1.29 is 9.47 Å². The van der Waals surface area contributed by atoms with Crippen LogP contribution in [0.1, 0.15) is 64.3 Å². The second-order valence-corrected chi connectivity index (χ2v) is 5.63. The van der Waals surface area contributed by atoms with Gasteiger partial charge >= 0.3 is 0 Å². The lowest BCUT2D eigenvalue weighted by atomic mass is 10.2. The normalized spacial score (nSPS) is 17.6. The van der Waals surface area contributed by atoms with Crippen molar-refractivity contribution in [3.05, 3.63) is 5.82 Å². The summed E-state index contributed by atoms with van der Waals surface area (Å²) in [7, 11) is 0. The van der Waals surface area contributed by atoms with Crippen LogP contribution in [0.2, 0.25) is 0 Å². The van der Waals surface area contributed by atoms with Gasteiger partial charge < -0.3 is 20.5 Å². The van der Waals surface area contributed by atoms with Gasteiger partial charge in [-0.25, -0.2) is 4.98 Å². The predicted molar refractivity (Wildman–Crippen MR) is 88.2 cm³/mol. The van der Waals surface area contributed by atoms with Gasteiger partial charge in [-0.3, -0.25) is 0 Å². The number of ether oxygens (including phenoxy) is 2. The summed E-state index contributed by atoms with van der Waals surface area (Å²) >= 11 is 0. The average molecular weight is 308 g/mol. The van der Waals surface area contributed by atoms with E-state index in [1.807, 2.05) is 0 Å². The maximum Gasteiger partial charge on any atom is 0.242 e. The molecule has 1 aromatic rings. The highest BCUT2D eigenvalue weighted by atomic mass is 16.5. The van der Waals surface area contributed by atoms with E-state index >= 15 is 0 Å². The van der Waals surface area contributed by atoms with Crippen molar-refractivity contribution in [2.45, 2.75) is 58.5 Å². The Morgan fingerprint density at radius 2 is 2.09 bits per heavy atom. The fourth-order valence-corrected chi connectivity index (χ4v) is 2.33. The van der Waals surface area contributed by atoms with Crippen molar-refractivity contribution in [3.8, 4) is 5.88 Å². The van der Waals surface area contributed by atoms with E-state index < -0.39 is 0 Å². The van der Waals surface area contributed by atoms with Crippen molar-refractivity contribution in [1.29, 1.82) is 0 Å². The Morgan fingerprint density at radius 1 is 1.27 bits per heavy atom. The molecule has 124 valence electrons. The van der Waals surface area contributed by atoms with Crippen LogP contribution in [0.3, 0.4) is 0 Å². The zero-order valence-corrected chi connectivity index (χ0v) is 13.7. The van der Waals surface area contributed by atoms with Gasteiger partial charge in [-0.15, -0.1) is 0 Å². The molecule has 0 radical (unpaired) electrons. The average Bonchev–Trinajstić information content (AvgIpc) is 3.05. The molecule has 6 nitrogen and oxygen atoms in total. The molecule has 0 amide bonds. The number of hydrogen-bond acceptors (Lipinski definition) is 6. The lowest BCUT2D eigenvalue weighted by Gasteiger charge is -2.16. The van der Waals surface area contributed by atoms with E-state index in [1.165, 1.54) is 0 Å². The Bertz CT molecular complexity index is 430. The summed E-state index contributed by atoms with van der Waals surface area (Å²) in [6.07, 6.45) is 6.21. The van der Waals surface area contributed by atoms with Crippen LogP contribution in [-0.4, -0.2) is 29.7 Å². The zero-order chi connectivity index (χ0) is 15.8. The molecule has 6 heteroatoms. The molecule has 2 rings (SSSR count). The van der Waals surface area contributed by atoms with Gasteiger partial charge in [0.2, 0.25) is 5.88 Å². The molecule has 0 saturated carbocycles. The van der Waals surface area contributed by atoms with Gasteiger partial charge in [0.25, 0.3) is 0 Å². The van der Waals surface area contributed by atoms with Gasteiger partial charge in [-0.05, 0) is 25.7 Å². The monoisotopic (exact) mass is 308 g/mol. The molecular formula is C16H28N4O2. The van der Waals surface area contributed by atoms with Crippen LogP contribution < -0.4 is 15.8 Å². The van der Waals surface area contributed by atoms with E-state index in [4.69, 9.17) is 15.2 Å². The van der Waals surface area contributed by atoms with E-state index in [1.54, 1.807) is 0 Å². The molecule has 0 bridgehead atoms. The van der Waals surface area contributed by atoms with Gasteiger partial charge in [-0.2, -0.15) is 4.98 Å². The second kappa shape index (κ2) is 8.78. The van der Waals surface area contributed by atoms with Crippen LogP contribution in [0, 0.1) is 0 Å². The molecule has 1 aliphatic rings. The molecule has 1 aliphatic heterocycles. The minimum absolute atomic E-state index is 0.0409. The van der Waals surface area contributed by atoms with Crippen LogP contribution in [0.5, 0.6) is 5.88 Å². The molecule has 1 saturated heterocycles. The van der Waals surface area contributed by atoms with Crippen molar-refractivity contribution in [2.24, 2.45) is 0 Å². The van der Waals surface area contributed by atoms with Crippen molar-refractivity contribution >= 4 is 11.5 Å². The van der Waals surface area contributed by atoms with Crippen LogP contribution in [0.25, 0.3) is 0 Å². The van der Waals surface area contributed by atoms with Gasteiger partial charge in [0.05, 0.1) is 6.61 Å². The smallest absolute Gasteiger partial charge is 0.242 e.